The Hall–Kier alpha value is -1.42. The lowest BCUT2D eigenvalue weighted by atomic mass is 10.1. The molecule has 0 aromatic heterocycles. The average molecular weight is 296 g/mol. The summed E-state index contributed by atoms with van der Waals surface area (Å²) in [4.78, 5) is 0. The molecule has 5 nitrogen and oxygen atoms in total. The smallest absolute Gasteiger partial charge is 0.215 e. The lowest BCUT2D eigenvalue weighted by Gasteiger charge is -2.14. The molecule has 1 atom stereocenters. The lowest BCUT2D eigenvalue weighted by molar-refractivity contribution is 0.152. The molecule has 0 bridgehead atoms. The van der Waals surface area contributed by atoms with Gasteiger partial charge in [0.15, 0.2) is 0 Å². The molecule has 1 aromatic rings. The number of nitrogens with one attached hydrogen (secondary N) is 1. The fourth-order valence-corrected chi connectivity index (χ4v) is 3.07. The maximum absolute atomic E-state index is 11.9. The first-order valence-corrected chi connectivity index (χ1v) is 8.12. The highest BCUT2D eigenvalue weighted by atomic mass is 32.2. The van der Waals surface area contributed by atoms with Crippen LogP contribution in [0.4, 0.5) is 0 Å². The Kier molecular flexibility index (Phi) is 6.14. The van der Waals surface area contributed by atoms with E-state index in [9.17, 15) is 13.5 Å². The second-order valence-electron chi connectivity index (χ2n) is 5.16. The van der Waals surface area contributed by atoms with Gasteiger partial charge in [-0.25, -0.2) is 13.1 Å². The van der Waals surface area contributed by atoms with Gasteiger partial charge in [0, 0.05) is 6.54 Å². The molecule has 2 N–H and O–H groups in total. The van der Waals surface area contributed by atoms with Gasteiger partial charge < -0.3 is 5.11 Å². The van der Waals surface area contributed by atoms with E-state index in [2.05, 4.69) is 4.72 Å². The van der Waals surface area contributed by atoms with Crippen LogP contribution in [0.25, 0.3) is 0 Å². The highest BCUT2D eigenvalue weighted by molar-refractivity contribution is 7.88. The van der Waals surface area contributed by atoms with E-state index in [1.807, 2.05) is 19.9 Å². The second kappa shape index (κ2) is 7.39. The molecular weight excluding hydrogens is 276 g/mol. The highest BCUT2D eigenvalue weighted by Crippen LogP contribution is 2.11. The van der Waals surface area contributed by atoms with Gasteiger partial charge in [-0.2, -0.15) is 5.26 Å². The average Bonchev–Trinajstić information content (AvgIpc) is 2.36. The molecule has 0 saturated carbocycles. The van der Waals surface area contributed by atoms with Crippen molar-refractivity contribution >= 4 is 10.0 Å². The van der Waals surface area contributed by atoms with Crippen LogP contribution in [0.15, 0.2) is 24.3 Å². The zero-order valence-electron chi connectivity index (χ0n) is 11.7. The van der Waals surface area contributed by atoms with Gasteiger partial charge in [-0.15, -0.1) is 0 Å². The van der Waals surface area contributed by atoms with Crippen molar-refractivity contribution in [2.75, 3.05) is 6.54 Å². The van der Waals surface area contributed by atoms with Crippen LogP contribution in [-0.4, -0.2) is 26.2 Å². The molecule has 110 valence electrons. The molecule has 0 fully saturated rings. The van der Waals surface area contributed by atoms with Crippen molar-refractivity contribution in [3.05, 3.63) is 35.4 Å². The number of nitrogens with zero attached hydrogens (tertiary/aromatic N) is 1. The molecule has 0 aliphatic heterocycles. The quantitative estimate of drug-likeness (QED) is 0.795. The molecule has 6 heteroatoms. The molecule has 0 aliphatic rings. The largest absolute Gasteiger partial charge is 0.392 e. The Morgan fingerprint density at radius 3 is 2.60 bits per heavy atom. The van der Waals surface area contributed by atoms with Gasteiger partial charge in [-0.05, 0) is 24.0 Å². The van der Waals surface area contributed by atoms with Gasteiger partial charge in [0.1, 0.15) is 0 Å². The molecule has 0 aliphatic carbocycles. The Bertz CT molecular complexity index is 576. The fraction of sp³-hybridized carbons (Fsp3) is 0.500. The topological polar surface area (TPSA) is 90.2 Å². The van der Waals surface area contributed by atoms with E-state index in [-0.39, 0.29) is 12.3 Å². The van der Waals surface area contributed by atoms with E-state index in [1.54, 1.807) is 24.3 Å². The number of aliphatic hydroxyl groups is 1. The number of aliphatic hydroxyl groups excluding tert-OH is 1. The summed E-state index contributed by atoms with van der Waals surface area (Å²) in [5.41, 5.74) is 0.807. The highest BCUT2D eigenvalue weighted by Gasteiger charge is 2.16. The molecule has 0 heterocycles. The normalized spacial score (nSPS) is 13.2. The fourth-order valence-electron chi connectivity index (χ4n) is 1.86. The van der Waals surface area contributed by atoms with E-state index in [1.165, 1.54) is 0 Å². The summed E-state index contributed by atoms with van der Waals surface area (Å²) >= 11 is 0. The minimum Gasteiger partial charge on any atom is -0.392 e. The van der Waals surface area contributed by atoms with E-state index in [0.29, 0.717) is 23.5 Å². The maximum atomic E-state index is 11.9. The van der Waals surface area contributed by atoms with Gasteiger partial charge >= 0.3 is 0 Å². The van der Waals surface area contributed by atoms with Gasteiger partial charge in [-0.1, -0.05) is 32.0 Å². The van der Waals surface area contributed by atoms with Gasteiger partial charge in [0.05, 0.1) is 23.5 Å². The maximum Gasteiger partial charge on any atom is 0.215 e. The van der Waals surface area contributed by atoms with Crippen LogP contribution in [-0.2, 0) is 15.8 Å². The molecule has 1 rings (SSSR count). The number of hydrogen-bond donors (Lipinski definition) is 2. The first-order chi connectivity index (χ1) is 9.34. The van der Waals surface area contributed by atoms with Crippen LogP contribution in [0, 0.1) is 17.2 Å². The van der Waals surface area contributed by atoms with Crippen molar-refractivity contribution in [2.45, 2.75) is 32.1 Å². The minimum absolute atomic E-state index is 0.00473. The first kappa shape index (κ1) is 16.6. The van der Waals surface area contributed by atoms with Crippen molar-refractivity contribution < 1.29 is 13.5 Å². The summed E-state index contributed by atoms with van der Waals surface area (Å²) < 4.78 is 26.2. The Balaban J connectivity index is 2.64. The standard InChI is InChI=1S/C14H20N2O3S/c1-11(2)7-14(17)9-16-20(18,19)10-13-6-4-3-5-12(13)8-15/h3-6,11,14,16-17H,7,9-10H2,1-2H3. The third kappa shape index (κ3) is 5.70. The first-order valence-electron chi connectivity index (χ1n) is 6.47. The van der Waals surface area contributed by atoms with Crippen molar-refractivity contribution in [2.24, 2.45) is 5.92 Å². The predicted octanol–water partition coefficient (Wildman–Crippen LogP) is 1.38. The van der Waals surface area contributed by atoms with E-state index < -0.39 is 16.1 Å². The van der Waals surface area contributed by atoms with E-state index >= 15 is 0 Å². The van der Waals surface area contributed by atoms with Gasteiger partial charge in [0.2, 0.25) is 10.0 Å². The van der Waals surface area contributed by atoms with Gasteiger partial charge in [0.25, 0.3) is 0 Å². The zero-order valence-corrected chi connectivity index (χ0v) is 12.5. The lowest BCUT2D eigenvalue weighted by Crippen LogP contribution is -2.33. The van der Waals surface area contributed by atoms with Crippen molar-refractivity contribution in [1.82, 2.24) is 4.72 Å². The van der Waals surface area contributed by atoms with E-state index in [4.69, 9.17) is 5.26 Å². The predicted molar refractivity (Wildman–Crippen MR) is 77.2 cm³/mol. The second-order valence-corrected chi connectivity index (χ2v) is 6.97. The Morgan fingerprint density at radius 1 is 1.35 bits per heavy atom. The summed E-state index contributed by atoms with van der Waals surface area (Å²) in [5.74, 6) is 0.0410. The monoisotopic (exact) mass is 296 g/mol. The van der Waals surface area contributed by atoms with Crippen LogP contribution >= 0.6 is 0 Å². The number of rotatable bonds is 7. The number of benzene rings is 1. The number of nitriles is 1. The molecule has 1 unspecified atom stereocenters. The van der Waals surface area contributed by atoms with Crippen molar-refractivity contribution in [1.29, 1.82) is 5.26 Å². The van der Waals surface area contributed by atoms with Crippen LogP contribution in [0.2, 0.25) is 0 Å². The summed E-state index contributed by atoms with van der Waals surface area (Å²) in [7, 11) is -3.56. The Morgan fingerprint density at radius 2 is 2.00 bits per heavy atom. The minimum atomic E-state index is -3.56. The third-order valence-electron chi connectivity index (χ3n) is 2.77. The molecule has 1 aromatic carbocycles. The van der Waals surface area contributed by atoms with Crippen LogP contribution in [0.3, 0.4) is 0 Å². The van der Waals surface area contributed by atoms with Crippen LogP contribution in [0.5, 0.6) is 0 Å². The van der Waals surface area contributed by atoms with E-state index in [0.717, 1.165) is 0 Å². The SMILES string of the molecule is CC(C)CC(O)CNS(=O)(=O)Cc1ccccc1C#N. The molecule has 0 radical (unpaired) electrons. The molecule has 0 spiro atoms. The summed E-state index contributed by atoms with van der Waals surface area (Å²) in [5, 5.41) is 18.6. The summed E-state index contributed by atoms with van der Waals surface area (Å²) in [6.07, 6.45) is -0.159. The van der Waals surface area contributed by atoms with Crippen LogP contribution < -0.4 is 4.72 Å². The summed E-state index contributed by atoms with van der Waals surface area (Å²) in [6, 6.07) is 8.55. The van der Waals surface area contributed by atoms with Crippen molar-refractivity contribution in [3.63, 3.8) is 0 Å². The molecule has 0 amide bonds. The van der Waals surface area contributed by atoms with Gasteiger partial charge in [-0.3, -0.25) is 0 Å². The van der Waals surface area contributed by atoms with Crippen molar-refractivity contribution in [3.8, 4) is 6.07 Å². The molecular formula is C14H20N2O3S. The number of hydrogen-bond acceptors (Lipinski definition) is 4. The molecule has 20 heavy (non-hydrogen) atoms. The number of sulfonamides is 1. The summed E-state index contributed by atoms with van der Waals surface area (Å²) in [6.45, 7) is 3.91. The molecule has 0 saturated heterocycles. The third-order valence-corrected chi connectivity index (χ3v) is 4.06. The Labute approximate surface area is 120 Å². The zero-order chi connectivity index (χ0) is 15.2. The van der Waals surface area contributed by atoms with Crippen LogP contribution in [0.1, 0.15) is 31.4 Å².